The lowest BCUT2D eigenvalue weighted by molar-refractivity contribution is 0.949. The molecule has 1 nitrogen and oxygen atoms in total. The van der Waals surface area contributed by atoms with Crippen molar-refractivity contribution in [2.75, 3.05) is 18.0 Å². The van der Waals surface area contributed by atoms with Crippen molar-refractivity contribution in [3.8, 4) is 0 Å². The van der Waals surface area contributed by atoms with Crippen molar-refractivity contribution >= 4 is 22.9 Å². The molecule has 2 rings (SSSR count). The van der Waals surface area contributed by atoms with Crippen molar-refractivity contribution in [2.24, 2.45) is 0 Å². The van der Waals surface area contributed by atoms with Gasteiger partial charge in [-0.25, -0.2) is 0 Å². The van der Waals surface area contributed by atoms with Crippen LogP contribution in [0.3, 0.4) is 0 Å². The molecule has 0 N–H and O–H groups in total. The fourth-order valence-corrected chi connectivity index (χ4v) is 2.46. The van der Waals surface area contributed by atoms with E-state index in [4.69, 9.17) is 11.6 Å². The van der Waals surface area contributed by atoms with E-state index in [2.05, 4.69) is 36.6 Å². The molecular weight excluding hydrogens is 218 g/mol. The number of rotatable bonds is 3. The third kappa shape index (κ3) is 2.25. The molecule has 2 heteroatoms. The van der Waals surface area contributed by atoms with Crippen LogP contribution in [0.25, 0.3) is 5.57 Å². The van der Waals surface area contributed by atoms with E-state index in [0.29, 0.717) is 0 Å². The third-order valence-electron chi connectivity index (χ3n) is 3.23. The number of anilines is 1. The van der Waals surface area contributed by atoms with Gasteiger partial charge in [0.05, 0.1) is 5.02 Å². The van der Waals surface area contributed by atoms with Gasteiger partial charge in [0, 0.05) is 18.8 Å². The van der Waals surface area contributed by atoms with Gasteiger partial charge in [0.25, 0.3) is 0 Å². The molecule has 1 aromatic rings. The summed E-state index contributed by atoms with van der Waals surface area (Å²) in [6.45, 7) is 8.45. The minimum absolute atomic E-state index is 0.830. The topological polar surface area (TPSA) is 3.24 Å². The molecule has 0 spiro atoms. The highest BCUT2D eigenvalue weighted by Crippen LogP contribution is 2.30. The van der Waals surface area contributed by atoms with Crippen molar-refractivity contribution < 1.29 is 0 Å². The van der Waals surface area contributed by atoms with Gasteiger partial charge in [-0.3, -0.25) is 0 Å². The Kier molecular flexibility index (Phi) is 3.55. The standard InChI is InChI=1S/C14H18ClN/c1-3-11(2)13-7-6-12(10-14(13)15)16-8-4-5-9-16/h6-7,10H,2-5,8-9H2,1H3. The van der Waals surface area contributed by atoms with Crippen molar-refractivity contribution in [1.29, 1.82) is 0 Å². The molecule has 0 aromatic heterocycles. The van der Waals surface area contributed by atoms with Crippen molar-refractivity contribution in [1.82, 2.24) is 0 Å². The average Bonchev–Trinajstić information content (AvgIpc) is 2.81. The van der Waals surface area contributed by atoms with Crippen LogP contribution in [0.15, 0.2) is 24.8 Å². The molecule has 1 aromatic carbocycles. The summed E-state index contributed by atoms with van der Waals surface area (Å²) < 4.78 is 0. The van der Waals surface area contributed by atoms with Crippen LogP contribution in [-0.4, -0.2) is 13.1 Å². The van der Waals surface area contributed by atoms with Gasteiger partial charge in [0.2, 0.25) is 0 Å². The molecule has 0 amide bonds. The summed E-state index contributed by atoms with van der Waals surface area (Å²) in [5.74, 6) is 0. The first-order valence-corrected chi connectivity index (χ1v) is 6.33. The second-order valence-electron chi connectivity index (χ2n) is 4.32. The minimum Gasteiger partial charge on any atom is -0.371 e. The number of hydrogen-bond acceptors (Lipinski definition) is 1. The quantitative estimate of drug-likeness (QED) is 0.752. The Morgan fingerprint density at radius 3 is 2.62 bits per heavy atom. The zero-order chi connectivity index (χ0) is 11.5. The molecule has 1 saturated heterocycles. The van der Waals surface area contributed by atoms with Crippen molar-refractivity contribution in [3.05, 3.63) is 35.4 Å². The van der Waals surface area contributed by atoms with Crippen LogP contribution in [0.2, 0.25) is 5.02 Å². The monoisotopic (exact) mass is 235 g/mol. The zero-order valence-electron chi connectivity index (χ0n) is 9.80. The summed E-state index contributed by atoms with van der Waals surface area (Å²) in [7, 11) is 0. The van der Waals surface area contributed by atoms with E-state index in [9.17, 15) is 0 Å². The smallest absolute Gasteiger partial charge is 0.0501 e. The molecular formula is C14H18ClN. The molecule has 16 heavy (non-hydrogen) atoms. The number of nitrogens with zero attached hydrogens (tertiary/aromatic N) is 1. The van der Waals surface area contributed by atoms with E-state index in [0.717, 1.165) is 35.7 Å². The summed E-state index contributed by atoms with van der Waals surface area (Å²) in [4.78, 5) is 2.39. The molecule has 0 atom stereocenters. The SMILES string of the molecule is C=C(CC)c1ccc(N2CCCC2)cc1Cl. The van der Waals surface area contributed by atoms with E-state index in [1.807, 2.05) is 0 Å². The summed E-state index contributed by atoms with van der Waals surface area (Å²) in [5, 5.41) is 0.830. The fraction of sp³-hybridized carbons (Fsp3) is 0.429. The lowest BCUT2D eigenvalue weighted by Crippen LogP contribution is -2.17. The van der Waals surface area contributed by atoms with Gasteiger partial charge in [-0.2, -0.15) is 0 Å². The van der Waals surface area contributed by atoms with Gasteiger partial charge >= 0.3 is 0 Å². The Morgan fingerprint density at radius 2 is 2.06 bits per heavy atom. The van der Waals surface area contributed by atoms with Crippen LogP contribution in [0.4, 0.5) is 5.69 Å². The molecule has 1 aliphatic rings. The molecule has 86 valence electrons. The van der Waals surface area contributed by atoms with Crippen LogP contribution in [-0.2, 0) is 0 Å². The maximum Gasteiger partial charge on any atom is 0.0501 e. The van der Waals surface area contributed by atoms with E-state index < -0.39 is 0 Å². The number of benzene rings is 1. The fourth-order valence-electron chi connectivity index (χ4n) is 2.15. The Bertz CT molecular complexity index is 392. The van der Waals surface area contributed by atoms with E-state index in [1.165, 1.54) is 18.5 Å². The molecule has 1 aliphatic heterocycles. The van der Waals surface area contributed by atoms with Gasteiger partial charge in [-0.05, 0) is 42.5 Å². The molecule has 0 aliphatic carbocycles. The lowest BCUT2D eigenvalue weighted by atomic mass is 10.0. The van der Waals surface area contributed by atoms with Gasteiger partial charge in [0.15, 0.2) is 0 Å². The van der Waals surface area contributed by atoms with Crippen LogP contribution in [0.5, 0.6) is 0 Å². The lowest BCUT2D eigenvalue weighted by Gasteiger charge is -2.19. The van der Waals surface area contributed by atoms with Gasteiger partial charge in [-0.15, -0.1) is 0 Å². The predicted octanol–water partition coefficient (Wildman–Crippen LogP) is 4.36. The van der Waals surface area contributed by atoms with Crippen LogP contribution in [0.1, 0.15) is 31.7 Å². The van der Waals surface area contributed by atoms with E-state index in [1.54, 1.807) is 0 Å². The second kappa shape index (κ2) is 4.92. The van der Waals surface area contributed by atoms with Crippen LogP contribution >= 0.6 is 11.6 Å². The molecule has 1 fully saturated rings. The molecule has 0 radical (unpaired) electrons. The average molecular weight is 236 g/mol. The first-order valence-electron chi connectivity index (χ1n) is 5.95. The Balaban J connectivity index is 2.25. The summed E-state index contributed by atoms with van der Waals surface area (Å²) >= 11 is 6.29. The maximum atomic E-state index is 6.29. The first kappa shape index (κ1) is 11.5. The Labute approximate surface area is 103 Å². The van der Waals surface area contributed by atoms with E-state index in [-0.39, 0.29) is 0 Å². The Morgan fingerprint density at radius 1 is 1.38 bits per heavy atom. The Hall–Kier alpha value is -0.950. The first-order chi connectivity index (χ1) is 7.72. The summed E-state index contributed by atoms with van der Waals surface area (Å²) in [6, 6.07) is 6.33. The van der Waals surface area contributed by atoms with Crippen LogP contribution in [0, 0.1) is 0 Å². The van der Waals surface area contributed by atoms with Crippen LogP contribution < -0.4 is 4.90 Å². The molecule has 0 saturated carbocycles. The molecule has 1 heterocycles. The zero-order valence-corrected chi connectivity index (χ0v) is 10.6. The molecule has 0 bridgehead atoms. The number of halogens is 1. The predicted molar refractivity (Wildman–Crippen MR) is 72.2 cm³/mol. The number of allylic oxidation sites excluding steroid dienone is 1. The van der Waals surface area contributed by atoms with Gasteiger partial charge in [-0.1, -0.05) is 31.2 Å². The minimum atomic E-state index is 0.830. The van der Waals surface area contributed by atoms with Crippen molar-refractivity contribution in [3.63, 3.8) is 0 Å². The highest BCUT2D eigenvalue weighted by atomic mass is 35.5. The molecule has 0 unspecified atom stereocenters. The maximum absolute atomic E-state index is 6.29. The van der Waals surface area contributed by atoms with Gasteiger partial charge in [0.1, 0.15) is 0 Å². The normalized spacial score (nSPS) is 15.5. The summed E-state index contributed by atoms with van der Waals surface area (Å²) in [6.07, 6.45) is 3.53. The van der Waals surface area contributed by atoms with Crippen molar-refractivity contribution in [2.45, 2.75) is 26.2 Å². The largest absolute Gasteiger partial charge is 0.371 e. The second-order valence-corrected chi connectivity index (χ2v) is 4.72. The highest BCUT2D eigenvalue weighted by Gasteiger charge is 2.13. The third-order valence-corrected chi connectivity index (χ3v) is 3.54. The highest BCUT2D eigenvalue weighted by molar-refractivity contribution is 6.32. The number of hydrogen-bond donors (Lipinski definition) is 0. The van der Waals surface area contributed by atoms with Gasteiger partial charge < -0.3 is 4.90 Å². The van der Waals surface area contributed by atoms with E-state index >= 15 is 0 Å². The summed E-state index contributed by atoms with van der Waals surface area (Å²) in [5.41, 5.74) is 3.44.